The number of ether oxygens (including phenoxy) is 1. The molecule has 10 N–H and O–H groups in total. The quantitative estimate of drug-likeness (QED) is 0.0450. The average Bonchev–Trinajstić information content (AvgIpc) is 3.63. The molecular weight excluding hydrogens is 686 g/mol. The van der Waals surface area contributed by atoms with E-state index in [4.69, 9.17) is 26.8 Å². The summed E-state index contributed by atoms with van der Waals surface area (Å²) >= 11 is 0. The number of H-pyrrole nitrogens is 1. The molecule has 4 heterocycles. The van der Waals surface area contributed by atoms with Gasteiger partial charge in [0.25, 0.3) is 5.56 Å². The Labute approximate surface area is 311 Å². The smallest absolute Gasteiger partial charge is 0.330 e. The zero-order valence-corrected chi connectivity index (χ0v) is 31.3. The van der Waals surface area contributed by atoms with E-state index in [1.807, 2.05) is 0 Å². The zero-order valence-electron chi connectivity index (χ0n) is 31.3. The molecule has 3 fully saturated rings. The van der Waals surface area contributed by atoms with E-state index >= 15 is 0 Å². The average molecular weight is 750 g/mol. The molecule has 3 aliphatic rings. The molecule has 53 heavy (non-hydrogen) atoms. The molecule has 300 valence electrons. The second kappa shape index (κ2) is 21.5. The summed E-state index contributed by atoms with van der Waals surface area (Å²) in [5, 5.41) is 27.0. The second-order valence-corrected chi connectivity index (χ2v) is 14.6. The van der Waals surface area contributed by atoms with E-state index in [0.717, 1.165) is 29.9 Å². The summed E-state index contributed by atoms with van der Waals surface area (Å²) in [6.07, 6.45) is 9.62. The van der Waals surface area contributed by atoms with Crippen molar-refractivity contribution in [1.29, 1.82) is 0 Å². The number of nitrogens with two attached hydrogens (primary N) is 3. The maximum atomic E-state index is 14.5. The molecule has 1 aromatic rings. The number of aliphatic imine (C=N–C) groups is 1. The third kappa shape index (κ3) is 11.8. The molecule has 0 aliphatic carbocycles. The van der Waals surface area contributed by atoms with Crippen molar-refractivity contribution in [1.82, 2.24) is 24.8 Å². The maximum Gasteiger partial charge on any atom is 0.330 e. The maximum absolute atomic E-state index is 14.5. The van der Waals surface area contributed by atoms with Crippen LogP contribution in [0.1, 0.15) is 109 Å². The van der Waals surface area contributed by atoms with Gasteiger partial charge < -0.3 is 42.4 Å². The van der Waals surface area contributed by atoms with Gasteiger partial charge in [-0.3, -0.25) is 33.8 Å². The number of carbonyl (C=O) groups is 2. The van der Waals surface area contributed by atoms with Gasteiger partial charge in [0, 0.05) is 44.9 Å². The Kier molecular flexibility index (Phi) is 17.2. The fraction of sp³-hybridized carbons (Fsp3) is 0.806. The number of aliphatic hydroxyl groups excluding tert-OH is 2. The SMILES string of the molecule is CCCCCCCCCCCCCC(=O)NC[C@@H]1C[C@H]2[C@@H](C(=O)N1CCCN=C(N)N)[C@@H]([C@H]1O[C@@H](n3ccc(=O)[nH]c3=O)[C@H](O)[C@@H]1O)ON2CCCN. The largest absolute Gasteiger partial charge is 0.387 e. The molecule has 4 rings (SSSR count). The van der Waals surface area contributed by atoms with Gasteiger partial charge in [-0.15, -0.1) is 0 Å². The molecule has 1 aromatic heterocycles. The monoisotopic (exact) mass is 749 g/mol. The third-order valence-corrected chi connectivity index (χ3v) is 10.6. The van der Waals surface area contributed by atoms with Crippen molar-refractivity contribution >= 4 is 17.8 Å². The Balaban J connectivity index is 1.41. The summed E-state index contributed by atoms with van der Waals surface area (Å²) in [7, 11) is 0. The Morgan fingerprint density at radius 3 is 2.26 bits per heavy atom. The first kappa shape index (κ1) is 42.4. The van der Waals surface area contributed by atoms with Crippen molar-refractivity contribution in [2.75, 3.05) is 32.7 Å². The number of likely N-dealkylation sites (tertiary alicyclic amines) is 1. The number of carbonyl (C=O) groups excluding carboxylic acids is 2. The minimum absolute atomic E-state index is 0.0526. The lowest BCUT2D eigenvalue weighted by Gasteiger charge is -2.43. The molecular formula is C36H63N9O8. The molecule has 0 unspecified atom stereocenters. The van der Waals surface area contributed by atoms with Crippen LogP contribution in [0.5, 0.6) is 0 Å². The fourth-order valence-corrected chi connectivity index (χ4v) is 7.79. The first-order valence-corrected chi connectivity index (χ1v) is 19.7. The number of guanidine groups is 1. The van der Waals surface area contributed by atoms with Crippen molar-refractivity contribution in [2.24, 2.45) is 28.1 Å². The lowest BCUT2D eigenvalue weighted by Crippen LogP contribution is -2.60. The molecule has 17 nitrogen and oxygen atoms in total. The van der Waals surface area contributed by atoms with Crippen LogP contribution in [0.25, 0.3) is 0 Å². The van der Waals surface area contributed by atoms with Crippen molar-refractivity contribution in [3.05, 3.63) is 33.1 Å². The van der Waals surface area contributed by atoms with Crippen LogP contribution in [0.15, 0.2) is 26.8 Å². The van der Waals surface area contributed by atoms with Crippen LogP contribution in [0.3, 0.4) is 0 Å². The summed E-state index contributed by atoms with van der Waals surface area (Å²) in [6, 6.07) is 0.305. The van der Waals surface area contributed by atoms with Crippen LogP contribution < -0.4 is 33.8 Å². The molecule has 2 amide bonds. The van der Waals surface area contributed by atoms with E-state index < -0.39 is 53.9 Å². The molecule has 17 heteroatoms. The Morgan fingerprint density at radius 1 is 0.943 bits per heavy atom. The summed E-state index contributed by atoms with van der Waals surface area (Å²) in [4.78, 5) is 65.9. The molecule has 3 saturated heterocycles. The minimum Gasteiger partial charge on any atom is -0.387 e. The van der Waals surface area contributed by atoms with Gasteiger partial charge in [0.2, 0.25) is 11.8 Å². The predicted molar refractivity (Wildman–Crippen MR) is 199 cm³/mol. The van der Waals surface area contributed by atoms with Crippen molar-refractivity contribution in [3.63, 3.8) is 0 Å². The van der Waals surface area contributed by atoms with E-state index in [2.05, 4.69) is 22.2 Å². The Morgan fingerprint density at radius 2 is 1.62 bits per heavy atom. The highest BCUT2D eigenvalue weighted by Gasteiger charge is 2.60. The number of hydrogen-bond acceptors (Lipinski definition) is 11. The van der Waals surface area contributed by atoms with Crippen LogP contribution >= 0.6 is 0 Å². The molecule has 0 radical (unpaired) electrons. The topological polar surface area (TPSA) is 257 Å². The van der Waals surface area contributed by atoms with Gasteiger partial charge in [-0.1, -0.05) is 71.1 Å². The Bertz CT molecular complexity index is 1440. The minimum atomic E-state index is -1.55. The number of aliphatic hydroxyl groups is 2. The summed E-state index contributed by atoms with van der Waals surface area (Å²) in [5.74, 6) is -1.18. The van der Waals surface area contributed by atoms with Gasteiger partial charge >= 0.3 is 5.69 Å². The number of amides is 2. The van der Waals surface area contributed by atoms with Gasteiger partial charge in [-0.2, -0.15) is 5.06 Å². The summed E-state index contributed by atoms with van der Waals surface area (Å²) in [6.45, 7) is 3.87. The van der Waals surface area contributed by atoms with Gasteiger partial charge in [-0.25, -0.2) is 4.79 Å². The van der Waals surface area contributed by atoms with Gasteiger partial charge in [0.15, 0.2) is 12.2 Å². The summed E-state index contributed by atoms with van der Waals surface area (Å²) in [5.41, 5.74) is 15.4. The van der Waals surface area contributed by atoms with Gasteiger partial charge in [0.1, 0.15) is 24.4 Å². The highest BCUT2D eigenvalue weighted by atomic mass is 16.7. The van der Waals surface area contributed by atoms with Crippen LogP contribution in [0.4, 0.5) is 0 Å². The number of unbranched alkanes of at least 4 members (excludes halogenated alkanes) is 10. The number of hydrogen-bond donors (Lipinski definition) is 7. The number of aromatic nitrogens is 2. The fourth-order valence-electron chi connectivity index (χ4n) is 7.79. The van der Waals surface area contributed by atoms with Crippen LogP contribution in [-0.2, 0) is 19.2 Å². The molecule has 8 atom stereocenters. The molecule has 0 saturated carbocycles. The number of fused-ring (bicyclic) bond motifs is 1. The number of piperidine rings is 1. The van der Waals surface area contributed by atoms with Crippen LogP contribution in [0, 0.1) is 5.92 Å². The van der Waals surface area contributed by atoms with E-state index in [9.17, 15) is 29.4 Å². The predicted octanol–water partition coefficient (Wildman–Crippen LogP) is 0.187. The second-order valence-electron chi connectivity index (χ2n) is 14.6. The molecule has 0 spiro atoms. The van der Waals surface area contributed by atoms with Gasteiger partial charge in [-0.05, 0) is 32.2 Å². The molecule has 0 bridgehead atoms. The standard InChI is InChI=1S/C36H63N9O8/c1-2-3-4-5-6-7-8-9-10-11-12-15-26(46)41-23-24-22-25-28(33(50)43(24)19-14-18-40-35(38)39)31(53-45(25)20-13-17-37)32-29(48)30(49)34(52-32)44-21-16-27(47)42-36(44)51/h16,21,24-25,28-32,34,48-49H,2-15,17-20,22-23,37H2,1H3,(H,41,46)(H4,38,39,40)(H,42,47,51)/t24-,25-,28+,29-,30+,31-,32-,34+/m0/s1. The van der Waals surface area contributed by atoms with Crippen LogP contribution in [-0.4, -0.2) is 117 Å². The van der Waals surface area contributed by atoms with Gasteiger partial charge in [0.05, 0.1) is 18.0 Å². The molecule has 0 aromatic carbocycles. The summed E-state index contributed by atoms with van der Waals surface area (Å²) < 4.78 is 7.06. The first-order chi connectivity index (χ1) is 25.6. The number of nitrogens with one attached hydrogen (secondary N) is 2. The number of nitrogens with zero attached hydrogens (tertiary/aromatic N) is 4. The van der Waals surface area contributed by atoms with E-state index in [1.165, 1.54) is 57.6 Å². The zero-order chi connectivity index (χ0) is 38.3. The van der Waals surface area contributed by atoms with E-state index in [0.29, 0.717) is 51.9 Å². The van der Waals surface area contributed by atoms with Crippen LogP contribution in [0.2, 0.25) is 0 Å². The first-order valence-electron chi connectivity index (χ1n) is 19.7. The number of aromatic amines is 1. The Hall–Kier alpha value is -3.35. The van der Waals surface area contributed by atoms with Crippen molar-refractivity contribution < 1.29 is 29.4 Å². The normalized spacial score (nSPS) is 27.2. The van der Waals surface area contributed by atoms with Crippen molar-refractivity contribution in [2.45, 2.75) is 146 Å². The highest BCUT2D eigenvalue weighted by molar-refractivity contribution is 5.82. The molecule has 3 aliphatic heterocycles. The van der Waals surface area contributed by atoms with Crippen molar-refractivity contribution in [3.8, 4) is 0 Å². The lowest BCUT2D eigenvalue weighted by molar-refractivity contribution is -0.202. The lowest BCUT2D eigenvalue weighted by atomic mass is 9.81. The number of hydroxylamine groups is 2. The van der Waals surface area contributed by atoms with E-state index in [-0.39, 0.29) is 30.4 Å². The number of rotatable bonds is 23. The van der Waals surface area contributed by atoms with E-state index in [1.54, 1.807) is 9.96 Å². The highest BCUT2D eigenvalue weighted by Crippen LogP contribution is 2.43. The third-order valence-electron chi connectivity index (χ3n) is 10.6.